The van der Waals surface area contributed by atoms with Crippen LogP contribution in [0.2, 0.25) is 0 Å². The largest absolute Gasteiger partial charge is 0.422 e. The van der Waals surface area contributed by atoms with Gasteiger partial charge in [-0.25, -0.2) is 0 Å². The molecule has 3 aliphatic rings. The third-order valence-electron chi connectivity index (χ3n) is 7.13. The van der Waals surface area contributed by atoms with Crippen molar-refractivity contribution in [2.24, 2.45) is 29.1 Å². The lowest BCUT2D eigenvalue weighted by atomic mass is 9.46. The molecule has 3 rings (SSSR count). The lowest BCUT2D eigenvalue weighted by molar-refractivity contribution is -0.197. The third kappa shape index (κ3) is 2.43. The minimum atomic E-state index is -1.85. The van der Waals surface area contributed by atoms with E-state index in [9.17, 15) is 19.5 Å². The van der Waals surface area contributed by atoms with E-state index in [0.29, 0.717) is 6.42 Å². The fourth-order valence-electron chi connectivity index (χ4n) is 6.14. The Morgan fingerprint density at radius 2 is 1.78 bits per heavy atom. The minimum absolute atomic E-state index is 0.0652. The van der Waals surface area contributed by atoms with Gasteiger partial charge in [0.2, 0.25) is 5.78 Å². The van der Waals surface area contributed by atoms with Crippen LogP contribution in [0.15, 0.2) is 23.0 Å². The molecule has 0 bridgehead atoms. The Balaban J connectivity index is 2.33. The topological polar surface area (TPSA) is 80.7 Å². The zero-order chi connectivity index (χ0) is 20.3. The smallest absolute Gasteiger partial charge is 0.308 e. The highest BCUT2D eigenvalue weighted by Crippen LogP contribution is 2.67. The molecule has 5 nitrogen and oxygen atoms in total. The van der Waals surface area contributed by atoms with Crippen LogP contribution in [0.3, 0.4) is 0 Å². The van der Waals surface area contributed by atoms with Gasteiger partial charge < -0.3 is 9.84 Å². The predicted molar refractivity (Wildman–Crippen MR) is 100 cm³/mol. The van der Waals surface area contributed by atoms with Crippen molar-refractivity contribution in [3.63, 3.8) is 0 Å². The van der Waals surface area contributed by atoms with E-state index in [1.165, 1.54) is 6.92 Å². The van der Waals surface area contributed by atoms with Crippen LogP contribution in [0.1, 0.15) is 60.8 Å². The summed E-state index contributed by atoms with van der Waals surface area (Å²) < 4.78 is 5.13. The first-order valence-corrected chi connectivity index (χ1v) is 9.85. The average Bonchev–Trinajstić information content (AvgIpc) is 2.85. The standard InChI is InChI=1S/C22H30O5/c1-11(2)9-16-10-12(3)17-8-7-13(4)22(26)20(25)18(27-15(6)23)14(5)19(24)21(16,17)22/h9,12-13,16-17,26H,7-8,10H2,1-6H3/t12-,13-,16+,17+,21+,22+/m0/s1. The maximum atomic E-state index is 13.8. The normalized spacial score (nSPS) is 41.1. The molecule has 2 saturated carbocycles. The molecule has 5 heteroatoms. The number of rotatable bonds is 2. The van der Waals surface area contributed by atoms with Crippen molar-refractivity contribution in [1.29, 1.82) is 0 Å². The summed E-state index contributed by atoms with van der Waals surface area (Å²) >= 11 is 0. The second kappa shape index (κ2) is 6.40. The Labute approximate surface area is 160 Å². The zero-order valence-electron chi connectivity index (χ0n) is 17.1. The van der Waals surface area contributed by atoms with Crippen molar-refractivity contribution in [1.82, 2.24) is 0 Å². The molecule has 27 heavy (non-hydrogen) atoms. The molecule has 148 valence electrons. The van der Waals surface area contributed by atoms with E-state index in [2.05, 4.69) is 13.0 Å². The van der Waals surface area contributed by atoms with Crippen LogP contribution in [0.4, 0.5) is 0 Å². The van der Waals surface area contributed by atoms with Gasteiger partial charge in [-0.05, 0) is 63.7 Å². The number of aliphatic hydroxyl groups is 1. The van der Waals surface area contributed by atoms with Gasteiger partial charge in [0, 0.05) is 12.5 Å². The van der Waals surface area contributed by atoms with Gasteiger partial charge in [-0.1, -0.05) is 25.5 Å². The summed E-state index contributed by atoms with van der Waals surface area (Å²) in [7, 11) is 0. The lowest BCUT2D eigenvalue weighted by Crippen LogP contribution is -2.70. The second-order valence-corrected chi connectivity index (χ2v) is 8.99. The van der Waals surface area contributed by atoms with E-state index in [1.807, 2.05) is 20.8 Å². The Hall–Kier alpha value is -1.75. The van der Waals surface area contributed by atoms with Gasteiger partial charge in [0.25, 0.3) is 0 Å². The van der Waals surface area contributed by atoms with Gasteiger partial charge in [-0.15, -0.1) is 0 Å². The Bertz CT molecular complexity index is 772. The lowest BCUT2D eigenvalue weighted by Gasteiger charge is -2.57. The summed E-state index contributed by atoms with van der Waals surface area (Å²) in [5, 5.41) is 11.9. The van der Waals surface area contributed by atoms with Crippen LogP contribution >= 0.6 is 0 Å². The van der Waals surface area contributed by atoms with Gasteiger partial charge in [-0.3, -0.25) is 14.4 Å². The molecule has 0 amide bonds. The van der Waals surface area contributed by atoms with Gasteiger partial charge >= 0.3 is 5.97 Å². The summed E-state index contributed by atoms with van der Waals surface area (Å²) in [5.74, 6) is -2.20. The number of allylic oxidation sites excluding steroid dienone is 3. The first-order chi connectivity index (χ1) is 12.5. The van der Waals surface area contributed by atoms with Crippen LogP contribution < -0.4 is 0 Å². The summed E-state index contributed by atoms with van der Waals surface area (Å²) in [6.07, 6.45) is 4.29. The number of ether oxygens (including phenoxy) is 1. The van der Waals surface area contributed by atoms with Crippen molar-refractivity contribution < 1.29 is 24.2 Å². The average molecular weight is 374 g/mol. The molecule has 0 aromatic carbocycles. The van der Waals surface area contributed by atoms with E-state index in [1.54, 1.807) is 6.92 Å². The number of carbonyl (C=O) groups excluding carboxylic acids is 3. The van der Waals surface area contributed by atoms with E-state index in [4.69, 9.17) is 4.74 Å². The summed E-state index contributed by atoms with van der Waals surface area (Å²) in [6.45, 7) is 10.6. The Morgan fingerprint density at radius 1 is 1.15 bits per heavy atom. The maximum absolute atomic E-state index is 13.8. The predicted octanol–water partition coefficient (Wildman–Crippen LogP) is 3.36. The highest BCUT2D eigenvalue weighted by atomic mass is 16.5. The van der Waals surface area contributed by atoms with Crippen LogP contribution in [0.5, 0.6) is 0 Å². The van der Waals surface area contributed by atoms with E-state index in [0.717, 1.165) is 18.4 Å². The molecular formula is C22H30O5. The molecule has 0 saturated heterocycles. The number of hydrogen-bond acceptors (Lipinski definition) is 5. The third-order valence-corrected chi connectivity index (χ3v) is 7.13. The molecule has 3 aliphatic carbocycles. The van der Waals surface area contributed by atoms with Gasteiger partial charge in [0.05, 0.1) is 5.41 Å². The number of carbonyl (C=O) groups is 3. The van der Waals surface area contributed by atoms with Gasteiger partial charge in [-0.2, -0.15) is 0 Å². The van der Waals surface area contributed by atoms with E-state index >= 15 is 0 Å². The first-order valence-electron chi connectivity index (χ1n) is 9.85. The van der Waals surface area contributed by atoms with Crippen LogP contribution in [0.25, 0.3) is 0 Å². The highest BCUT2D eigenvalue weighted by Gasteiger charge is 2.75. The van der Waals surface area contributed by atoms with Gasteiger partial charge in [0.1, 0.15) is 5.60 Å². The summed E-state index contributed by atoms with van der Waals surface area (Å²) in [4.78, 5) is 38.8. The number of esters is 1. The van der Waals surface area contributed by atoms with E-state index < -0.39 is 22.8 Å². The monoisotopic (exact) mass is 374 g/mol. The first kappa shape index (κ1) is 20.0. The molecule has 0 aromatic rings. The number of ketones is 2. The van der Waals surface area contributed by atoms with Crippen LogP contribution in [-0.4, -0.2) is 28.2 Å². The molecule has 0 aliphatic heterocycles. The quantitative estimate of drug-likeness (QED) is 0.592. The van der Waals surface area contributed by atoms with Crippen molar-refractivity contribution in [2.75, 3.05) is 0 Å². The number of hydrogen-bond donors (Lipinski definition) is 1. The van der Waals surface area contributed by atoms with Crippen LogP contribution in [0, 0.1) is 29.1 Å². The molecule has 0 radical (unpaired) electrons. The molecule has 0 unspecified atom stereocenters. The summed E-state index contributed by atoms with van der Waals surface area (Å²) in [6, 6.07) is 0. The van der Waals surface area contributed by atoms with Crippen molar-refractivity contribution >= 4 is 17.5 Å². The number of Topliss-reactive ketones (excluding diaryl/α,β-unsaturated/α-hetero) is 2. The minimum Gasteiger partial charge on any atom is -0.422 e. The maximum Gasteiger partial charge on any atom is 0.308 e. The SMILES string of the molecule is CC(=O)OC1=C(C)C(=O)[C@@]23[C@H](C=C(C)C)C[C@H](C)[C@H]2CC[C@H](C)[C@@]3(O)C1=O. The fourth-order valence-corrected chi connectivity index (χ4v) is 6.14. The van der Waals surface area contributed by atoms with Crippen LogP contribution in [-0.2, 0) is 19.1 Å². The fraction of sp³-hybridized carbons (Fsp3) is 0.682. The Morgan fingerprint density at radius 3 is 2.33 bits per heavy atom. The molecule has 0 aromatic heterocycles. The molecule has 2 fully saturated rings. The highest BCUT2D eigenvalue weighted by molar-refractivity contribution is 6.19. The van der Waals surface area contributed by atoms with E-state index in [-0.39, 0.29) is 40.8 Å². The van der Waals surface area contributed by atoms with Crippen molar-refractivity contribution in [3.05, 3.63) is 23.0 Å². The molecule has 0 heterocycles. The molecule has 1 N–H and O–H groups in total. The molecule has 1 spiro atoms. The zero-order valence-corrected chi connectivity index (χ0v) is 17.1. The molecular weight excluding hydrogens is 344 g/mol. The van der Waals surface area contributed by atoms with Crippen molar-refractivity contribution in [3.8, 4) is 0 Å². The van der Waals surface area contributed by atoms with Crippen molar-refractivity contribution in [2.45, 2.75) is 66.4 Å². The Kier molecular flexibility index (Phi) is 4.74. The summed E-state index contributed by atoms with van der Waals surface area (Å²) in [5.41, 5.74) is -1.79. The second-order valence-electron chi connectivity index (χ2n) is 8.99. The van der Waals surface area contributed by atoms with Gasteiger partial charge in [0.15, 0.2) is 11.5 Å². The molecule has 6 atom stereocenters.